The summed E-state index contributed by atoms with van der Waals surface area (Å²) in [6, 6.07) is 2.05. The lowest BCUT2D eigenvalue weighted by Crippen LogP contribution is -2.52. The van der Waals surface area contributed by atoms with Crippen molar-refractivity contribution in [2.24, 2.45) is 0 Å². The lowest BCUT2D eigenvalue weighted by Gasteiger charge is -2.38. The predicted octanol–water partition coefficient (Wildman–Crippen LogP) is 0.868. The van der Waals surface area contributed by atoms with Crippen molar-refractivity contribution in [1.82, 2.24) is 9.80 Å². The minimum absolute atomic E-state index is 0.0536. The molecule has 5 heteroatoms. The van der Waals surface area contributed by atoms with Gasteiger partial charge in [-0.1, -0.05) is 11.8 Å². The smallest absolute Gasteiger partial charge is 0.265 e. The maximum atomic E-state index is 12.5. The highest BCUT2D eigenvalue weighted by Crippen LogP contribution is 2.21. The topological polar surface area (TPSA) is 43.8 Å². The van der Waals surface area contributed by atoms with E-state index in [1.54, 1.807) is 0 Å². The van der Waals surface area contributed by atoms with Gasteiger partial charge < -0.3 is 14.9 Å². The number of hydrogen-bond donors (Lipinski definition) is 1. The molecule has 1 N–H and O–H groups in total. The highest BCUT2D eigenvalue weighted by atomic mass is 32.1. The first-order valence-corrected chi connectivity index (χ1v) is 7.18. The summed E-state index contributed by atoms with van der Waals surface area (Å²) in [6.45, 7) is 4.43. The number of rotatable bonds is 1. The molecule has 0 saturated carbocycles. The van der Waals surface area contributed by atoms with Gasteiger partial charge in [-0.2, -0.15) is 0 Å². The first-order chi connectivity index (χ1) is 9.13. The van der Waals surface area contributed by atoms with Crippen molar-refractivity contribution in [3.8, 4) is 11.8 Å². The number of nitrogens with zero attached hydrogens (tertiary/aromatic N) is 2. The molecule has 0 spiro atoms. The van der Waals surface area contributed by atoms with Crippen LogP contribution in [0.2, 0.25) is 0 Å². The average molecular weight is 278 g/mol. The summed E-state index contributed by atoms with van der Waals surface area (Å²) in [6.07, 6.45) is 0. The van der Waals surface area contributed by atoms with Crippen molar-refractivity contribution in [2.45, 2.75) is 13.0 Å². The Balaban J connectivity index is 2.18. The van der Waals surface area contributed by atoms with Gasteiger partial charge in [0.05, 0.1) is 0 Å². The molecule has 1 aliphatic rings. The van der Waals surface area contributed by atoms with Crippen LogP contribution < -0.4 is 0 Å². The Kier molecular flexibility index (Phi) is 4.59. The third kappa shape index (κ3) is 3.16. The Morgan fingerprint density at radius 1 is 1.58 bits per heavy atom. The molecule has 0 bridgehead atoms. The molecule has 4 nitrogen and oxygen atoms in total. The van der Waals surface area contributed by atoms with Crippen molar-refractivity contribution in [1.29, 1.82) is 0 Å². The van der Waals surface area contributed by atoms with E-state index < -0.39 is 0 Å². The van der Waals surface area contributed by atoms with Crippen molar-refractivity contribution < 1.29 is 9.90 Å². The molecule has 102 valence electrons. The van der Waals surface area contributed by atoms with Crippen LogP contribution in [0, 0.1) is 11.8 Å². The van der Waals surface area contributed by atoms with Crippen LogP contribution in [-0.2, 0) is 0 Å². The summed E-state index contributed by atoms with van der Waals surface area (Å²) >= 11 is 1.42. The maximum absolute atomic E-state index is 12.5. The van der Waals surface area contributed by atoms with Gasteiger partial charge in [-0.05, 0) is 25.4 Å². The van der Waals surface area contributed by atoms with E-state index in [0.717, 1.165) is 25.2 Å². The highest BCUT2D eigenvalue weighted by Gasteiger charge is 2.28. The zero-order valence-electron chi connectivity index (χ0n) is 11.2. The second-order valence-electron chi connectivity index (χ2n) is 4.73. The predicted molar refractivity (Wildman–Crippen MR) is 76.3 cm³/mol. The molecule has 2 rings (SSSR count). The Labute approximate surface area is 117 Å². The molecule has 1 aromatic rings. The minimum Gasteiger partial charge on any atom is -0.384 e. The number of aliphatic hydroxyl groups excluding tert-OH is 1. The highest BCUT2D eigenvalue weighted by molar-refractivity contribution is 7.12. The van der Waals surface area contributed by atoms with Gasteiger partial charge in [-0.3, -0.25) is 4.79 Å². The first kappa shape index (κ1) is 14.1. The van der Waals surface area contributed by atoms with Gasteiger partial charge in [0.25, 0.3) is 5.91 Å². The summed E-state index contributed by atoms with van der Waals surface area (Å²) in [5.41, 5.74) is 0.718. The van der Waals surface area contributed by atoms with Crippen molar-refractivity contribution in [3.05, 3.63) is 21.9 Å². The van der Waals surface area contributed by atoms with E-state index in [-0.39, 0.29) is 18.6 Å². The summed E-state index contributed by atoms with van der Waals surface area (Å²) in [7, 11) is 2.07. The van der Waals surface area contributed by atoms with E-state index in [9.17, 15) is 4.79 Å². The monoisotopic (exact) mass is 278 g/mol. The van der Waals surface area contributed by atoms with Gasteiger partial charge in [0.15, 0.2) is 0 Å². The Morgan fingerprint density at radius 3 is 3.05 bits per heavy atom. The molecule has 19 heavy (non-hydrogen) atoms. The quantitative estimate of drug-likeness (QED) is 0.775. The molecule has 0 aliphatic carbocycles. The number of likely N-dealkylation sites (N-methyl/N-ethyl adjacent to an activating group) is 1. The zero-order chi connectivity index (χ0) is 13.8. The number of amides is 1. The average Bonchev–Trinajstić information content (AvgIpc) is 2.83. The fourth-order valence-corrected chi connectivity index (χ4v) is 3.08. The fourth-order valence-electron chi connectivity index (χ4n) is 2.28. The molecule has 1 aliphatic heterocycles. The van der Waals surface area contributed by atoms with Crippen LogP contribution in [0.1, 0.15) is 22.2 Å². The van der Waals surface area contributed by atoms with Crippen molar-refractivity contribution >= 4 is 17.2 Å². The molecular weight excluding hydrogens is 260 g/mol. The van der Waals surface area contributed by atoms with Crippen molar-refractivity contribution in [2.75, 3.05) is 33.3 Å². The normalized spacial score (nSPS) is 19.9. The number of aliphatic hydroxyl groups is 1. The number of carbonyl (C=O) groups excluding carboxylic acids is 1. The molecule has 1 amide bonds. The summed E-state index contributed by atoms with van der Waals surface area (Å²) in [4.78, 5) is 17.4. The number of carbonyl (C=O) groups is 1. The van der Waals surface area contributed by atoms with E-state index in [1.165, 1.54) is 11.3 Å². The Hall–Kier alpha value is -1.35. The second kappa shape index (κ2) is 6.20. The second-order valence-corrected chi connectivity index (χ2v) is 5.65. The fraction of sp³-hybridized carbons (Fsp3) is 0.500. The third-order valence-electron chi connectivity index (χ3n) is 3.25. The molecule has 2 heterocycles. The van der Waals surface area contributed by atoms with Gasteiger partial charge in [0.1, 0.15) is 11.5 Å². The van der Waals surface area contributed by atoms with Crippen LogP contribution >= 0.6 is 11.3 Å². The van der Waals surface area contributed by atoms with Gasteiger partial charge in [0.2, 0.25) is 0 Å². The Morgan fingerprint density at radius 2 is 2.37 bits per heavy atom. The van der Waals surface area contributed by atoms with Crippen LogP contribution in [-0.4, -0.2) is 60.1 Å². The molecule has 1 unspecified atom stereocenters. The van der Waals surface area contributed by atoms with E-state index in [1.807, 2.05) is 16.3 Å². The van der Waals surface area contributed by atoms with Gasteiger partial charge in [-0.25, -0.2) is 0 Å². The van der Waals surface area contributed by atoms with Gasteiger partial charge in [0, 0.05) is 31.2 Å². The van der Waals surface area contributed by atoms with Gasteiger partial charge in [-0.15, -0.1) is 11.3 Å². The van der Waals surface area contributed by atoms with Gasteiger partial charge >= 0.3 is 0 Å². The first-order valence-electron chi connectivity index (χ1n) is 6.30. The molecule has 1 fully saturated rings. The number of piperazine rings is 1. The maximum Gasteiger partial charge on any atom is 0.265 e. The third-order valence-corrected chi connectivity index (χ3v) is 4.16. The lowest BCUT2D eigenvalue weighted by molar-refractivity contribution is 0.0538. The van der Waals surface area contributed by atoms with Crippen molar-refractivity contribution in [3.63, 3.8) is 0 Å². The molecule has 0 radical (unpaired) electrons. The van der Waals surface area contributed by atoms with E-state index >= 15 is 0 Å². The van der Waals surface area contributed by atoms with Crippen LogP contribution in [0.4, 0.5) is 0 Å². The summed E-state index contributed by atoms with van der Waals surface area (Å²) in [5.74, 6) is 5.49. The molecule has 0 aromatic carbocycles. The molecule has 1 atom stereocenters. The van der Waals surface area contributed by atoms with Crippen LogP contribution in [0.3, 0.4) is 0 Å². The minimum atomic E-state index is -0.186. The van der Waals surface area contributed by atoms with E-state index in [0.29, 0.717) is 4.88 Å². The van der Waals surface area contributed by atoms with E-state index in [2.05, 4.69) is 30.7 Å². The zero-order valence-corrected chi connectivity index (χ0v) is 12.0. The van der Waals surface area contributed by atoms with Crippen LogP contribution in [0.15, 0.2) is 11.4 Å². The number of thiophene rings is 1. The number of hydrogen-bond acceptors (Lipinski definition) is 4. The largest absolute Gasteiger partial charge is 0.384 e. The van der Waals surface area contributed by atoms with E-state index in [4.69, 9.17) is 5.11 Å². The van der Waals surface area contributed by atoms with Crippen LogP contribution in [0.5, 0.6) is 0 Å². The van der Waals surface area contributed by atoms with Crippen LogP contribution in [0.25, 0.3) is 0 Å². The summed E-state index contributed by atoms with van der Waals surface area (Å²) in [5, 5.41) is 10.6. The SMILES string of the molecule is CC1CN(C)CCN1C(=O)c1sccc1C#CCO. The molecule has 1 aromatic heterocycles. The summed E-state index contributed by atoms with van der Waals surface area (Å²) < 4.78 is 0. The lowest BCUT2D eigenvalue weighted by atomic mass is 10.1. The Bertz CT molecular complexity index is 515. The molecular formula is C14H18N2O2S. The standard InChI is InChI=1S/C14H18N2O2S/c1-11-10-15(2)6-7-16(11)14(18)13-12(4-3-8-17)5-9-19-13/h5,9,11,17H,6-8,10H2,1-2H3. The molecule has 1 saturated heterocycles.